The van der Waals surface area contributed by atoms with Gasteiger partial charge in [0.1, 0.15) is 0 Å². The highest BCUT2D eigenvalue weighted by atomic mass is 16.5. The zero-order valence-electron chi connectivity index (χ0n) is 14.7. The Labute approximate surface area is 145 Å². The average molecular weight is 331 g/mol. The molecule has 1 aromatic heterocycles. The van der Waals surface area contributed by atoms with Gasteiger partial charge in [-0.1, -0.05) is 0 Å². The maximum atomic E-state index is 12.4. The van der Waals surface area contributed by atoms with Crippen LogP contribution in [0.25, 0.3) is 0 Å². The Morgan fingerprint density at radius 2 is 2.04 bits per heavy atom. The molecule has 2 aliphatic rings. The van der Waals surface area contributed by atoms with Gasteiger partial charge >= 0.3 is 0 Å². The van der Waals surface area contributed by atoms with Crippen molar-refractivity contribution in [1.82, 2.24) is 14.8 Å². The molecule has 2 fully saturated rings. The molecule has 24 heavy (non-hydrogen) atoms. The van der Waals surface area contributed by atoms with Gasteiger partial charge in [-0.15, -0.1) is 0 Å². The fraction of sp³-hybridized carbons (Fsp3) is 0.684. The zero-order chi connectivity index (χ0) is 16.8. The van der Waals surface area contributed by atoms with Gasteiger partial charge in [0, 0.05) is 51.7 Å². The van der Waals surface area contributed by atoms with Crippen molar-refractivity contribution in [3.05, 3.63) is 30.1 Å². The van der Waals surface area contributed by atoms with Crippen molar-refractivity contribution in [2.24, 2.45) is 0 Å². The molecule has 0 bridgehead atoms. The van der Waals surface area contributed by atoms with Gasteiger partial charge in [0.05, 0.1) is 12.5 Å². The summed E-state index contributed by atoms with van der Waals surface area (Å²) in [6, 6.07) is 4.56. The summed E-state index contributed by atoms with van der Waals surface area (Å²) in [6.07, 6.45) is 9.77. The molecule has 1 aromatic rings. The van der Waals surface area contributed by atoms with E-state index in [1.165, 1.54) is 5.56 Å². The molecule has 0 N–H and O–H groups in total. The first-order valence-corrected chi connectivity index (χ1v) is 9.21. The molecule has 2 aliphatic heterocycles. The predicted molar refractivity (Wildman–Crippen MR) is 93.8 cm³/mol. The van der Waals surface area contributed by atoms with Gasteiger partial charge in [0.15, 0.2) is 0 Å². The molecule has 5 heteroatoms. The normalized spacial score (nSPS) is 22.6. The Balaban J connectivity index is 1.38. The highest BCUT2D eigenvalue weighted by Crippen LogP contribution is 2.20. The van der Waals surface area contributed by atoms with Crippen LogP contribution < -0.4 is 0 Å². The molecule has 0 spiro atoms. The van der Waals surface area contributed by atoms with Crippen LogP contribution in [0, 0.1) is 0 Å². The van der Waals surface area contributed by atoms with Gasteiger partial charge in [-0.3, -0.25) is 9.78 Å². The van der Waals surface area contributed by atoms with E-state index in [-0.39, 0.29) is 12.0 Å². The SMILES string of the molecule is CN(C(=O)C[C@@H]1CCCO1)C1CCN(CCc2ccncc2)CC1. The highest BCUT2D eigenvalue weighted by molar-refractivity contribution is 5.76. The third kappa shape index (κ3) is 4.77. The summed E-state index contributed by atoms with van der Waals surface area (Å²) in [5.41, 5.74) is 1.34. The molecule has 132 valence electrons. The Kier molecular flexibility index (Phi) is 6.21. The first-order valence-electron chi connectivity index (χ1n) is 9.21. The van der Waals surface area contributed by atoms with E-state index in [0.717, 1.165) is 58.3 Å². The van der Waals surface area contributed by atoms with E-state index in [1.807, 2.05) is 24.3 Å². The van der Waals surface area contributed by atoms with Crippen LogP contribution in [-0.2, 0) is 16.0 Å². The fourth-order valence-electron chi connectivity index (χ4n) is 3.71. The van der Waals surface area contributed by atoms with E-state index < -0.39 is 0 Å². The van der Waals surface area contributed by atoms with Gasteiger partial charge in [-0.05, 0) is 49.8 Å². The lowest BCUT2D eigenvalue weighted by Gasteiger charge is -2.37. The van der Waals surface area contributed by atoms with E-state index in [9.17, 15) is 4.79 Å². The van der Waals surface area contributed by atoms with Crippen LogP contribution in [0.15, 0.2) is 24.5 Å². The Bertz CT molecular complexity index is 509. The molecule has 0 saturated carbocycles. The monoisotopic (exact) mass is 331 g/mol. The molecule has 5 nitrogen and oxygen atoms in total. The predicted octanol–water partition coefficient (Wildman–Crippen LogP) is 2.12. The van der Waals surface area contributed by atoms with Crippen molar-refractivity contribution in [2.45, 2.75) is 50.7 Å². The summed E-state index contributed by atoms with van der Waals surface area (Å²) < 4.78 is 5.59. The number of amides is 1. The second kappa shape index (κ2) is 8.58. The molecule has 1 amide bonds. The largest absolute Gasteiger partial charge is 0.378 e. The van der Waals surface area contributed by atoms with Crippen LogP contribution in [0.5, 0.6) is 0 Å². The van der Waals surface area contributed by atoms with Gasteiger partial charge in [0.25, 0.3) is 0 Å². The maximum absolute atomic E-state index is 12.4. The van der Waals surface area contributed by atoms with Crippen molar-refractivity contribution in [3.63, 3.8) is 0 Å². The molecular formula is C19H29N3O2. The van der Waals surface area contributed by atoms with E-state index in [4.69, 9.17) is 4.74 Å². The average Bonchev–Trinajstić information content (AvgIpc) is 3.13. The van der Waals surface area contributed by atoms with Gasteiger partial charge in [0.2, 0.25) is 5.91 Å². The number of rotatable bonds is 6. The molecule has 0 unspecified atom stereocenters. The quantitative estimate of drug-likeness (QED) is 0.801. The summed E-state index contributed by atoms with van der Waals surface area (Å²) in [6.45, 7) is 4.06. The Hall–Kier alpha value is -1.46. The zero-order valence-corrected chi connectivity index (χ0v) is 14.7. The number of pyridine rings is 1. The van der Waals surface area contributed by atoms with Crippen LogP contribution in [-0.4, -0.2) is 66.1 Å². The third-order valence-electron chi connectivity index (χ3n) is 5.39. The van der Waals surface area contributed by atoms with Gasteiger partial charge < -0.3 is 14.5 Å². The molecule has 0 aromatic carbocycles. The van der Waals surface area contributed by atoms with E-state index >= 15 is 0 Å². The van der Waals surface area contributed by atoms with E-state index in [1.54, 1.807) is 0 Å². The minimum Gasteiger partial charge on any atom is -0.378 e. The fourth-order valence-corrected chi connectivity index (χ4v) is 3.71. The lowest BCUT2D eigenvalue weighted by atomic mass is 10.0. The number of nitrogens with zero attached hydrogens (tertiary/aromatic N) is 3. The van der Waals surface area contributed by atoms with Gasteiger partial charge in [-0.2, -0.15) is 0 Å². The molecule has 0 radical (unpaired) electrons. The second-order valence-corrected chi connectivity index (χ2v) is 7.02. The first kappa shape index (κ1) is 17.4. The van der Waals surface area contributed by atoms with Crippen LogP contribution in [0.2, 0.25) is 0 Å². The van der Waals surface area contributed by atoms with E-state index in [0.29, 0.717) is 12.5 Å². The summed E-state index contributed by atoms with van der Waals surface area (Å²) in [5, 5.41) is 0. The lowest BCUT2D eigenvalue weighted by molar-refractivity contribution is -0.135. The molecule has 2 saturated heterocycles. The molecule has 3 heterocycles. The number of hydrogen-bond donors (Lipinski definition) is 0. The summed E-state index contributed by atoms with van der Waals surface area (Å²) in [4.78, 5) is 21.0. The minimum atomic E-state index is 0.153. The number of carbonyl (C=O) groups is 1. The van der Waals surface area contributed by atoms with Crippen LogP contribution in [0.1, 0.15) is 37.7 Å². The van der Waals surface area contributed by atoms with Crippen molar-refractivity contribution < 1.29 is 9.53 Å². The number of piperidine rings is 1. The molecule has 0 aliphatic carbocycles. The molecule has 1 atom stereocenters. The van der Waals surface area contributed by atoms with Crippen LogP contribution in [0.4, 0.5) is 0 Å². The topological polar surface area (TPSA) is 45.7 Å². The van der Waals surface area contributed by atoms with Gasteiger partial charge in [-0.25, -0.2) is 0 Å². The highest BCUT2D eigenvalue weighted by Gasteiger charge is 2.27. The number of hydrogen-bond acceptors (Lipinski definition) is 4. The lowest BCUT2D eigenvalue weighted by Crippen LogP contribution is -2.46. The molecular weight excluding hydrogens is 302 g/mol. The Morgan fingerprint density at radius 1 is 1.29 bits per heavy atom. The minimum absolute atomic E-state index is 0.153. The Morgan fingerprint density at radius 3 is 2.71 bits per heavy atom. The number of likely N-dealkylation sites (tertiary alicyclic amines) is 1. The number of aromatic nitrogens is 1. The first-order chi connectivity index (χ1) is 11.7. The standard InChI is InChI=1S/C19H29N3O2/c1-21(19(23)15-18-3-2-14-24-18)17-7-12-22(13-8-17)11-6-16-4-9-20-10-5-16/h4-5,9-10,17-18H,2-3,6-8,11-15H2,1H3/t18-/m0/s1. The summed E-state index contributed by atoms with van der Waals surface area (Å²) in [5.74, 6) is 0.247. The van der Waals surface area contributed by atoms with Crippen molar-refractivity contribution in [3.8, 4) is 0 Å². The second-order valence-electron chi connectivity index (χ2n) is 7.02. The van der Waals surface area contributed by atoms with Crippen molar-refractivity contribution in [2.75, 3.05) is 33.3 Å². The number of carbonyl (C=O) groups excluding carboxylic acids is 1. The maximum Gasteiger partial charge on any atom is 0.225 e. The van der Waals surface area contributed by atoms with E-state index in [2.05, 4.69) is 22.0 Å². The third-order valence-corrected chi connectivity index (χ3v) is 5.39. The molecule has 3 rings (SSSR count). The number of ether oxygens (including phenoxy) is 1. The smallest absolute Gasteiger partial charge is 0.225 e. The summed E-state index contributed by atoms with van der Waals surface area (Å²) >= 11 is 0. The van der Waals surface area contributed by atoms with Crippen molar-refractivity contribution >= 4 is 5.91 Å². The van der Waals surface area contributed by atoms with Crippen LogP contribution in [0.3, 0.4) is 0 Å². The van der Waals surface area contributed by atoms with Crippen LogP contribution >= 0.6 is 0 Å². The summed E-state index contributed by atoms with van der Waals surface area (Å²) in [7, 11) is 1.97. The van der Waals surface area contributed by atoms with Crippen molar-refractivity contribution in [1.29, 1.82) is 0 Å².